The molecule has 0 radical (unpaired) electrons. The summed E-state index contributed by atoms with van der Waals surface area (Å²) in [6.45, 7) is 0. The summed E-state index contributed by atoms with van der Waals surface area (Å²) in [5.41, 5.74) is 5.77. The van der Waals surface area contributed by atoms with Gasteiger partial charge >= 0.3 is 0 Å². The molecule has 0 aliphatic heterocycles. The van der Waals surface area contributed by atoms with Crippen LogP contribution in [0.5, 0.6) is 0 Å². The molecule has 1 heterocycles. The van der Waals surface area contributed by atoms with Crippen molar-refractivity contribution in [1.29, 1.82) is 5.26 Å². The van der Waals surface area contributed by atoms with Crippen LogP contribution in [0.2, 0.25) is 0 Å². The number of nitrogens with one attached hydrogen (secondary N) is 1. The molecule has 0 spiro atoms. The average Bonchev–Trinajstić information content (AvgIpc) is 2.40. The summed E-state index contributed by atoms with van der Waals surface area (Å²) in [4.78, 5) is 11.1. The number of rotatable bonds is 3. The quantitative estimate of drug-likeness (QED) is 0.819. The van der Waals surface area contributed by atoms with Crippen molar-refractivity contribution in [2.24, 2.45) is 11.7 Å². The zero-order valence-corrected chi connectivity index (χ0v) is 9.97. The summed E-state index contributed by atoms with van der Waals surface area (Å²) >= 11 is 0. The number of hydrogen-bond acceptors (Lipinski definition) is 5. The lowest BCUT2D eigenvalue weighted by molar-refractivity contribution is -0.122. The third-order valence-corrected chi connectivity index (χ3v) is 3.31. The van der Waals surface area contributed by atoms with Crippen LogP contribution in [0, 0.1) is 17.2 Å². The van der Waals surface area contributed by atoms with Crippen molar-refractivity contribution in [3.8, 4) is 6.07 Å². The smallest absolute Gasteiger partial charge is 0.220 e. The fourth-order valence-electron chi connectivity index (χ4n) is 2.24. The number of amides is 1. The number of nitrogens with zero attached hydrogens (tertiary/aromatic N) is 3. The van der Waals surface area contributed by atoms with E-state index in [1.807, 2.05) is 0 Å². The standard InChI is InChI=1S/C12H15N5O/c13-7-9-5-6-15-17-12(9)16-10-3-1-8(2-4-10)11(14)18/h5-6,8,10H,1-4H2,(H2,14,18)(H,16,17). The molecule has 0 unspecified atom stereocenters. The van der Waals surface area contributed by atoms with Gasteiger partial charge in [0.05, 0.1) is 11.8 Å². The molecule has 18 heavy (non-hydrogen) atoms. The topological polar surface area (TPSA) is 105 Å². The van der Waals surface area contributed by atoms with Gasteiger partial charge in [-0.15, -0.1) is 5.10 Å². The summed E-state index contributed by atoms with van der Waals surface area (Å²) in [6, 6.07) is 3.93. The highest BCUT2D eigenvalue weighted by Crippen LogP contribution is 2.26. The van der Waals surface area contributed by atoms with Crippen LogP contribution in [0.25, 0.3) is 0 Å². The maximum Gasteiger partial charge on any atom is 0.220 e. The number of hydrogen-bond donors (Lipinski definition) is 2. The fourth-order valence-corrected chi connectivity index (χ4v) is 2.24. The Hall–Kier alpha value is -2.16. The van der Waals surface area contributed by atoms with Crippen molar-refractivity contribution in [2.45, 2.75) is 31.7 Å². The predicted octanol–water partition coefficient (Wildman–Crippen LogP) is 0.804. The van der Waals surface area contributed by atoms with Crippen LogP contribution in [0.15, 0.2) is 12.3 Å². The highest BCUT2D eigenvalue weighted by Gasteiger charge is 2.25. The molecular weight excluding hydrogens is 230 g/mol. The molecule has 0 aromatic carbocycles. The number of carbonyl (C=O) groups excluding carboxylic acids is 1. The number of aromatic nitrogens is 2. The zero-order chi connectivity index (χ0) is 13.0. The molecule has 1 aliphatic rings. The van der Waals surface area contributed by atoms with Gasteiger partial charge < -0.3 is 11.1 Å². The Balaban J connectivity index is 1.96. The van der Waals surface area contributed by atoms with Gasteiger partial charge in [0, 0.05) is 12.0 Å². The lowest BCUT2D eigenvalue weighted by Crippen LogP contribution is -2.32. The van der Waals surface area contributed by atoms with Gasteiger partial charge in [0.25, 0.3) is 0 Å². The summed E-state index contributed by atoms with van der Waals surface area (Å²) in [6.07, 6.45) is 4.78. The van der Waals surface area contributed by atoms with Crippen molar-refractivity contribution < 1.29 is 4.79 Å². The second-order valence-corrected chi connectivity index (χ2v) is 4.50. The lowest BCUT2D eigenvalue weighted by atomic mass is 9.85. The van der Waals surface area contributed by atoms with Crippen molar-refractivity contribution in [3.63, 3.8) is 0 Å². The second kappa shape index (κ2) is 5.45. The maximum atomic E-state index is 11.1. The molecule has 1 aromatic heterocycles. The zero-order valence-electron chi connectivity index (χ0n) is 9.97. The first-order valence-electron chi connectivity index (χ1n) is 5.98. The predicted molar refractivity (Wildman–Crippen MR) is 65.3 cm³/mol. The van der Waals surface area contributed by atoms with E-state index in [1.165, 1.54) is 6.20 Å². The van der Waals surface area contributed by atoms with Crippen molar-refractivity contribution in [3.05, 3.63) is 17.8 Å². The minimum Gasteiger partial charge on any atom is -0.369 e. The maximum absolute atomic E-state index is 11.1. The molecule has 1 aromatic rings. The normalized spacial score (nSPS) is 23.1. The van der Waals surface area contributed by atoms with Gasteiger partial charge in [-0.25, -0.2) is 0 Å². The van der Waals surface area contributed by atoms with E-state index in [2.05, 4.69) is 21.6 Å². The van der Waals surface area contributed by atoms with Crippen LogP contribution in [-0.2, 0) is 4.79 Å². The first-order chi connectivity index (χ1) is 8.70. The molecule has 6 heteroatoms. The van der Waals surface area contributed by atoms with Gasteiger partial charge in [-0.1, -0.05) is 0 Å². The Morgan fingerprint density at radius 2 is 2.17 bits per heavy atom. The summed E-state index contributed by atoms with van der Waals surface area (Å²) in [7, 11) is 0. The second-order valence-electron chi connectivity index (χ2n) is 4.50. The van der Waals surface area contributed by atoms with E-state index in [0.717, 1.165) is 25.7 Å². The molecule has 6 nitrogen and oxygen atoms in total. The molecule has 1 amide bonds. The van der Waals surface area contributed by atoms with Gasteiger partial charge in [-0.2, -0.15) is 10.4 Å². The van der Waals surface area contributed by atoms with Gasteiger partial charge in [0.2, 0.25) is 5.91 Å². The average molecular weight is 245 g/mol. The molecule has 0 atom stereocenters. The van der Waals surface area contributed by atoms with E-state index in [-0.39, 0.29) is 17.9 Å². The fraction of sp³-hybridized carbons (Fsp3) is 0.500. The Labute approximate surface area is 105 Å². The van der Waals surface area contributed by atoms with Crippen LogP contribution in [0.1, 0.15) is 31.2 Å². The monoisotopic (exact) mass is 245 g/mol. The molecule has 1 saturated carbocycles. The minimum absolute atomic E-state index is 0.0136. The summed E-state index contributed by atoms with van der Waals surface area (Å²) in [5.74, 6) is 0.286. The number of primary amides is 1. The van der Waals surface area contributed by atoms with Crippen molar-refractivity contribution in [1.82, 2.24) is 10.2 Å². The van der Waals surface area contributed by atoms with E-state index >= 15 is 0 Å². The molecule has 3 N–H and O–H groups in total. The van der Waals surface area contributed by atoms with Crippen LogP contribution in [0.3, 0.4) is 0 Å². The van der Waals surface area contributed by atoms with Gasteiger partial charge in [-0.3, -0.25) is 4.79 Å². The lowest BCUT2D eigenvalue weighted by Gasteiger charge is -2.27. The highest BCUT2D eigenvalue weighted by molar-refractivity contribution is 5.76. The van der Waals surface area contributed by atoms with Crippen molar-refractivity contribution in [2.75, 3.05) is 5.32 Å². The minimum atomic E-state index is -0.217. The Morgan fingerprint density at radius 3 is 2.78 bits per heavy atom. The SMILES string of the molecule is N#Cc1ccnnc1NC1CCC(C(N)=O)CC1. The molecular formula is C12H15N5O. The van der Waals surface area contributed by atoms with E-state index in [1.54, 1.807) is 6.07 Å². The van der Waals surface area contributed by atoms with Gasteiger partial charge in [0.15, 0.2) is 5.82 Å². The molecule has 0 bridgehead atoms. The summed E-state index contributed by atoms with van der Waals surface area (Å²) < 4.78 is 0. The molecule has 94 valence electrons. The van der Waals surface area contributed by atoms with Gasteiger partial charge in [-0.05, 0) is 31.7 Å². The molecule has 2 rings (SSSR count). The number of nitrogens with two attached hydrogens (primary N) is 1. The van der Waals surface area contributed by atoms with Gasteiger partial charge in [0.1, 0.15) is 6.07 Å². The summed E-state index contributed by atoms with van der Waals surface area (Å²) in [5, 5.41) is 19.8. The van der Waals surface area contributed by atoms with E-state index in [9.17, 15) is 4.79 Å². The van der Waals surface area contributed by atoms with Crippen LogP contribution in [-0.4, -0.2) is 22.1 Å². The first-order valence-corrected chi connectivity index (χ1v) is 5.98. The number of carbonyl (C=O) groups is 1. The molecule has 0 saturated heterocycles. The van der Waals surface area contributed by atoms with Crippen LogP contribution in [0.4, 0.5) is 5.82 Å². The highest BCUT2D eigenvalue weighted by atomic mass is 16.1. The largest absolute Gasteiger partial charge is 0.369 e. The third-order valence-electron chi connectivity index (χ3n) is 3.31. The molecule has 1 fully saturated rings. The number of anilines is 1. The van der Waals surface area contributed by atoms with Crippen molar-refractivity contribution >= 4 is 11.7 Å². The van der Waals surface area contributed by atoms with Crippen LogP contribution >= 0.6 is 0 Å². The Morgan fingerprint density at radius 1 is 1.44 bits per heavy atom. The van der Waals surface area contributed by atoms with Crippen LogP contribution < -0.4 is 11.1 Å². The Bertz CT molecular complexity index is 474. The van der Waals surface area contributed by atoms with E-state index < -0.39 is 0 Å². The molecule has 1 aliphatic carbocycles. The third kappa shape index (κ3) is 2.74. The number of nitriles is 1. The first kappa shape index (κ1) is 12.3. The van der Waals surface area contributed by atoms with E-state index in [4.69, 9.17) is 11.0 Å². The van der Waals surface area contributed by atoms with E-state index in [0.29, 0.717) is 11.4 Å². The Kier molecular flexibility index (Phi) is 3.72.